The van der Waals surface area contributed by atoms with E-state index >= 15 is 0 Å². The average Bonchev–Trinajstić information content (AvgIpc) is 2.93. The lowest BCUT2D eigenvalue weighted by Gasteiger charge is -2.17. The molecule has 2 rings (SSSR count). The number of aromatic nitrogens is 2. The van der Waals surface area contributed by atoms with Crippen LogP contribution in [0.15, 0.2) is 16.7 Å². The summed E-state index contributed by atoms with van der Waals surface area (Å²) in [5, 5.41) is 8.93. The lowest BCUT2D eigenvalue weighted by atomic mass is 10.0. The minimum absolute atomic E-state index is 0.0709. The highest BCUT2D eigenvalue weighted by molar-refractivity contribution is 6.30. The zero-order valence-electron chi connectivity index (χ0n) is 11.9. The Morgan fingerprint density at radius 1 is 1.45 bits per heavy atom. The van der Waals surface area contributed by atoms with Gasteiger partial charge in [-0.2, -0.15) is 5.10 Å². The topological polar surface area (TPSA) is 43.0 Å². The predicted molar refractivity (Wildman–Crippen MR) is 81.4 cm³/mol. The molecule has 0 spiro atoms. The van der Waals surface area contributed by atoms with E-state index in [2.05, 4.69) is 17.3 Å². The largest absolute Gasteiger partial charge is 0.453 e. The quantitative estimate of drug-likeness (QED) is 0.878. The average molecular weight is 316 g/mol. The van der Waals surface area contributed by atoms with Crippen molar-refractivity contribution in [3.8, 4) is 0 Å². The molecule has 20 heavy (non-hydrogen) atoms. The molecule has 2 aromatic rings. The molecule has 0 saturated heterocycles. The molecule has 110 valence electrons. The monoisotopic (exact) mass is 315 g/mol. The van der Waals surface area contributed by atoms with E-state index < -0.39 is 0 Å². The van der Waals surface area contributed by atoms with E-state index in [1.54, 1.807) is 10.9 Å². The first kappa shape index (κ1) is 15.4. The van der Waals surface area contributed by atoms with Gasteiger partial charge in [0.25, 0.3) is 0 Å². The molecule has 0 aliphatic heterocycles. The lowest BCUT2D eigenvalue weighted by molar-refractivity contribution is 0.512. The van der Waals surface area contributed by atoms with Crippen molar-refractivity contribution in [3.63, 3.8) is 0 Å². The van der Waals surface area contributed by atoms with Gasteiger partial charge in [0.05, 0.1) is 12.0 Å². The van der Waals surface area contributed by atoms with E-state index in [-0.39, 0.29) is 6.04 Å². The Morgan fingerprint density at radius 2 is 2.20 bits per heavy atom. The van der Waals surface area contributed by atoms with Crippen molar-refractivity contribution in [2.24, 2.45) is 7.05 Å². The fourth-order valence-corrected chi connectivity index (χ4v) is 2.77. The van der Waals surface area contributed by atoms with Crippen LogP contribution in [0.25, 0.3) is 0 Å². The number of nitrogens with zero attached hydrogens (tertiary/aromatic N) is 2. The van der Waals surface area contributed by atoms with Gasteiger partial charge >= 0.3 is 0 Å². The molecule has 0 saturated carbocycles. The van der Waals surface area contributed by atoms with Crippen LogP contribution < -0.4 is 5.32 Å². The van der Waals surface area contributed by atoms with Crippen molar-refractivity contribution in [2.75, 3.05) is 6.54 Å². The summed E-state index contributed by atoms with van der Waals surface area (Å²) in [6.45, 7) is 5.00. The summed E-state index contributed by atoms with van der Waals surface area (Å²) in [7, 11) is 1.85. The molecule has 0 aliphatic carbocycles. The molecule has 4 nitrogen and oxygen atoms in total. The zero-order chi connectivity index (χ0) is 14.7. The molecule has 2 aromatic heterocycles. The van der Waals surface area contributed by atoms with Crippen molar-refractivity contribution in [3.05, 3.63) is 39.5 Å². The molecule has 6 heteroatoms. The van der Waals surface area contributed by atoms with Gasteiger partial charge in [-0.05, 0) is 44.0 Å². The minimum atomic E-state index is 0.0709. The van der Waals surface area contributed by atoms with Crippen LogP contribution in [0.4, 0.5) is 0 Å². The zero-order valence-corrected chi connectivity index (χ0v) is 13.4. The fraction of sp³-hybridized carbons (Fsp3) is 0.500. The van der Waals surface area contributed by atoms with Crippen molar-refractivity contribution in [1.82, 2.24) is 15.1 Å². The first-order valence-corrected chi connectivity index (χ1v) is 7.44. The highest BCUT2D eigenvalue weighted by Gasteiger charge is 2.21. The van der Waals surface area contributed by atoms with Gasteiger partial charge in [-0.25, -0.2) is 0 Å². The normalized spacial score (nSPS) is 12.8. The molecule has 1 atom stereocenters. The molecule has 0 aliphatic rings. The maximum atomic E-state index is 6.31. The fourth-order valence-electron chi connectivity index (χ4n) is 2.27. The lowest BCUT2D eigenvalue weighted by Crippen LogP contribution is -2.24. The number of aryl methyl sites for hydroxylation is 2. The molecule has 0 amide bonds. The second kappa shape index (κ2) is 6.66. The van der Waals surface area contributed by atoms with E-state index in [0.29, 0.717) is 10.4 Å². The third kappa shape index (κ3) is 3.19. The molecule has 1 unspecified atom stereocenters. The van der Waals surface area contributed by atoms with Crippen LogP contribution in [0.3, 0.4) is 0 Å². The number of hydrogen-bond acceptors (Lipinski definition) is 3. The van der Waals surface area contributed by atoms with Gasteiger partial charge in [-0.3, -0.25) is 4.68 Å². The van der Waals surface area contributed by atoms with E-state index in [0.717, 1.165) is 36.2 Å². The minimum Gasteiger partial charge on any atom is -0.453 e. The highest BCUT2D eigenvalue weighted by atomic mass is 35.5. The van der Waals surface area contributed by atoms with E-state index in [4.69, 9.17) is 27.6 Å². The maximum Gasteiger partial charge on any atom is 0.197 e. The second-order valence-corrected chi connectivity index (χ2v) is 5.54. The number of furan rings is 1. The predicted octanol–water partition coefficient (Wildman–Crippen LogP) is 3.91. The van der Waals surface area contributed by atoms with Gasteiger partial charge in [0.15, 0.2) is 5.22 Å². The van der Waals surface area contributed by atoms with Gasteiger partial charge in [-0.15, -0.1) is 0 Å². The Kier molecular flexibility index (Phi) is 5.13. The third-order valence-electron chi connectivity index (χ3n) is 3.34. The molecular formula is C14H19Cl2N3O. The molecule has 1 N–H and O–H groups in total. The molecule has 0 fully saturated rings. The summed E-state index contributed by atoms with van der Waals surface area (Å²) in [6, 6.07) is 1.97. The SMILES string of the molecule is CCCNC(Cc1c(C)nn(C)c1Cl)c1ccoc1Cl. The Labute approximate surface area is 129 Å². The van der Waals surface area contributed by atoms with Crippen molar-refractivity contribution >= 4 is 23.2 Å². The number of nitrogens with one attached hydrogen (secondary N) is 1. The van der Waals surface area contributed by atoms with Crippen LogP contribution in [0.2, 0.25) is 10.4 Å². The summed E-state index contributed by atoms with van der Waals surface area (Å²) in [5.41, 5.74) is 2.94. The van der Waals surface area contributed by atoms with Crippen molar-refractivity contribution in [2.45, 2.75) is 32.7 Å². The molecule has 0 aromatic carbocycles. The second-order valence-electron chi connectivity index (χ2n) is 4.84. The van der Waals surface area contributed by atoms with Gasteiger partial charge in [0.1, 0.15) is 5.15 Å². The smallest absolute Gasteiger partial charge is 0.197 e. The summed E-state index contributed by atoms with van der Waals surface area (Å²) < 4.78 is 6.89. The first-order chi connectivity index (χ1) is 9.54. The van der Waals surface area contributed by atoms with Crippen LogP contribution in [0.5, 0.6) is 0 Å². The summed E-state index contributed by atoms with van der Waals surface area (Å²) in [4.78, 5) is 0. The van der Waals surface area contributed by atoms with Gasteiger partial charge < -0.3 is 9.73 Å². The Hall–Kier alpha value is -0.970. The maximum absolute atomic E-state index is 6.31. The van der Waals surface area contributed by atoms with Crippen LogP contribution in [0, 0.1) is 6.92 Å². The number of halogens is 2. The van der Waals surface area contributed by atoms with E-state index in [1.807, 2.05) is 20.0 Å². The van der Waals surface area contributed by atoms with Crippen LogP contribution in [-0.4, -0.2) is 16.3 Å². The third-order valence-corrected chi connectivity index (χ3v) is 4.12. The molecule has 0 bridgehead atoms. The highest BCUT2D eigenvalue weighted by Crippen LogP contribution is 2.30. The van der Waals surface area contributed by atoms with Crippen LogP contribution in [0.1, 0.15) is 36.2 Å². The summed E-state index contributed by atoms with van der Waals surface area (Å²) >= 11 is 12.4. The van der Waals surface area contributed by atoms with E-state index in [9.17, 15) is 0 Å². The first-order valence-electron chi connectivity index (χ1n) is 6.68. The Bertz CT molecular complexity index is 577. The van der Waals surface area contributed by atoms with Gasteiger partial charge in [0, 0.05) is 24.2 Å². The van der Waals surface area contributed by atoms with Crippen LogP contribution >= 0.6 is 23.2 Å². The number of hydrogen-bond donors (Lipinski definition) is 1. The van der Waals surface area contributed by atoms with Crippen molar-refractivity contribution < 1.29 is 4.42 Å². The van der Waals surface area contributed by atoms with Crippen LogP contribution in [-0.2, 0) is 13.5 Å². The summed E-state index contributed by atoms with van der Waals surface area (Å²) in [5.74, 6) is 0. The van der Waals surface area contributed by atoms with E-state index in [1.165, 1.54) is 0 Å². The van der Waals surface area contributed by atoms with Gasteiger partial charge in [-0.1, -0.05) is 18.5 Å². The Morgan fingerprint density at radius 3 is 2.70 bits per heavy atom. The summed E-state index contributed by atoms with van der Waals surface area (Å²) in [6.07, 6.45) is 3.39. The molecule has 0 radical (unpaired) electrons. The molecule has 2 heterocycles. The van der Waals surface area contributed by atoms with Gasteiger partial charge in [0.2, 0.25) is 0 Å². The standard InChI is InChI=1S/C14H19Cl2N3O/c1-4-6-17-12(10-5-7-20-14(10)16)8-11-9(2)18-19(3)13(11)15/h5,7,12,17H,4,6,8H2,1-3H3. The number of rotatable bonds is 6. The Balaban J connectivity index is 2.26. The molecular weight excluding hydrogens is 297 g/mol. The van der Waals surface area contributed by atoms with Crippen molar-refractivity contribution in [1.29, 1.82) is 0 Å².